The molecule has 0 fully saturated rings. The van der Waals surface area contributed by atoms with Crippen molar-refractivity contribution in [2.75, 3.05) is 13.3 Å². The van der Waals surface area contributed by atoms with E-state index in [-0.39, 0.29) is 6.73 Å². The third-order valence-corrected chi connectivity index (χ3v) is 3.43. The van der Waals surface area contributed by atoms with Gasteiger partial charge in [0, 0.05) is 6.54 Å². The number of carbonyl (C=O) groups excluding carboxylic acids is 1. The van der Waals surface area contributed by atoms with E-state index >= 15 is 0 Å². The van der Waals surface area contributed by atoms with Gasteiger partial charge in [-0.05, 0) is 45.6 Å². The Hall–Kier alpha value is -2.12. The first-order valence-corrected chi connectivity index (χ1v) is 8.82. The number of aliphatic carboxylic acids is 1. The van der Waals surface area contributed by atoms with Crippen LogP contribution >= 0.6 is 0 Å². The number of rotatable bonds is 11. The summed E-state index contributed by atoms with van der Waals surface area (Å²) in [7, 11) is 0. The van der Waals surface area contributed by atoms with E-state index in [2.05, 4.69) is 10.6 Å². The van der Waals surface area contributed by atoms with Crippen LogP contribution in [0.25, 0.3) is 0 Å². The summed E-state index contributed by atoms with van der Waals surface area (Å²) in [6, 6.07) is 9.01. The van der Waals surface area contributed by atoms with Gasteiger partial charge in [0.1, 0.15) is 11.6 Å². The van der Waals surface area contributed by atoms with Gasteiger partial charge in [0.25, 0.3) is 0 Å². The molecular weight excluding hydrogens is 336 g/mol. The molecule has 0 radical (unpaired) electrons. The Bertz CT molecular complexity index is 543. The third kappa shape index (κ3) is 10.7. The van der Waals surface area contributed by atoms with Crippen molar-refractivity contribution < 1.29 is 24.2 Å². The molecule has 0 aliphatic rings. The molecule has 0 bridgehead atoms. The van der Waals surface area contributed by atoms with Gasteiger partial charge in [-0.15, -0.1) is 0 Å². The molecule has 26 heavy (non-hydrogen) atoms. The van der Waals surface area contributed by atoms with Crippen molar-refractivity contribution in [2.45, 2.75) is 58.3 Å². The zero-order valence-electron chi connectivity index (χ0n) is 15.8. The summed E-state index contributed by atoms with van der Waals surface area (Å²) < 4.78 is 10.6. The van der Waals surface area contributed by atoms with Gasteiger partial charge in [0.15, 0.2) is 0 Å². The number of carbonyl (C=O) groups is 2. The Balaban J connectivity index is 2.15. The minimum atomic E-state index is -0.909. The standard InChI is InChI=1S/C19H30N2O5/c1-19(2,3)26-18(24)20-12-8-7-11-16(17(22)23)21-14-25-13-15-9-5-4-6-10-15/h4-6,9-10,16,21H,7-8,11-14H2,1-3H3,(H,20,24)(H,22,23). The molecule has 1 rings (SSSR count). The fourth-order valence-corrected chi connectivity index (χ4v) is 2.19. The quantitative estimate of drug-likeness (QED) is 0.412. The van der Waals surface area contributed by atoms with E-state index in [0.29, 0.717) is 32.4 Å². The molecule has 7 nitrogen and oxygen atoms in total. The number of carboxylic acids is 1. The van der Waals surface area contributed by atoms with E-state index in [0.717, 1.165) is 5.56 Å². The molecule has 1 amide bonds. The van der Waals surface area contributed by atoms with E-state index in [1.807, 2.05) is 30.3 Å². The van der Waals surface area contributed by atoms with Gasteiger partial charge in [-0.25, -0.2) is 4.79 Å². The van der Waals surface area contributed by atoms with Crippen LogP contribution in [0.5, 0.6) is 0 Å². The van der Waals surface area contributed by atoms with Crippen molar-refractivity contribution in [2.24, 2.45) is 0 Å². The second kappa shape index (κ2) is 11.5. The highest BCUT2D eigenvalue weighted by Crippen LogP contribution is 2.07. The van der Waals surface area contributed by atoms with E-state index in [4.69, 9.17) is 9.47 Å². The molecule has 146 valence electrons. The fraction of sp³-hybridized carbons (Fsp3) is 0.579. The Morgan fingerprint density at radius 1 is 1.15 bits per heavy atom. The molecule has 0 aliphatic carbocycles. The molecule has 1 unspecified atom stereocenters. The van der Waals surface area contributed by atoms with Crippen LogP contribution in [0.15, 0.2) is 30.3 Å². The van der Waals surface area contributed by atoms with E-state index in [9.17, 15) is 14.7 Å². The Labute approximate surface area is 155 Å². The molecule has 1 aromatic carbocycles. The van der Waals surface area contributed by atoms with Gasteiger partial charge in [-0.3, -0.25) is 10.1 Å². The summed E-state index contributed by atoms with van der Waals surface area (Å²) in [5.74, 6) is -0.909. The second-order valence-corrected chi connectivity index (χ2v) is 7.00. The smallest absolute Gasteiger partial charge is 0.407 e. The van der Waals surface area contributed by atoms with E-state index in [1.165, 1.54) is 0 Å². The number of nitrogens with one attached hydrogen (secondary N) is 2. The zero-order chi connectivity index (χ0) is 19.4. The number of benzene rings is 1. The molecule has 1 atom stereocenters. The Kier molecular flexibility index (Phi) is 9.69. The average Bonchev–Trinajstić information content (AvgIpc) is 2.55. The topological polar surface area (TPSA) is 96.9 Å². The summed E-state index contributed by atoms with van der Waals surface area (Å²) in [6.45, 7) is 6.45. The minimum Gasteiger partial charge on any atom is -0.480 e. The predicted octanol–water partition coefficient (Wildman–Crippen LogP) is 2.90. The molecule has 0 aromatic heterocycles. The number of carboxylic acid groups (broad SMARTS) is 1. The summed E-state index contributed by atoms with van der Waals surface area (Å²) in [5, 5.41) is 14.8. The van der Waals surface area contributed by atoms with Gasteiger partial charge >= 0.3 is 12.1 Å². The monoisotopic (exact) mass is 366 g/mol. The summed E-state index contributed by atoms with van der Waals surface area (Å²) in [6.07, 6.45) is 1.34. The highest BCUT2D eigenvalue weighted by Gasteiger charge is 2.17. The van der Waals surface area contributed by atoms with Gasteiger partial charge in [0.05, 0.1) is 13.3 Å². The molecular formula is C19H30N2O5. The second-order valence-electron chi connectivity index (χ2n) is 7.00. The maximum absolute atomic E-state index is 11.5. The lowest BCUT2D eigenvalue weighted by Gasteiger charge is -2.19. The van der Waals surface area contributed by atoms with Gasteiger partial charge in [-0.2, -0.15) is 0 Å². The molecule has 0 saturated heterocycles. The van der Waals surface area contributed by atoms with Crippen LogP contribution in [0.3, 0.4) is 0 Å². The Morgan fingerprint density at radius 2 is 1.85 bits per heavy atom. The predicted molar refractivity (Wildman–Crippen MR) is 98.7 cm³/mol. The van der Waals surface area contributed by atoms with Crippen LogP contribution in [0.1, 0.15) is 45.6 Å². The van der Waals surface area contributed by atoms with Gasteiger partial charge < -0.3 is 19.9 Å². The zero-order valence-corrected chi connectivity index (χ0v) is 15.8. The number of ether oxygens (including phenoxy) is 2. The van der Waals surface area contributed by atoms with Crippen LogP contribution in [0, 0.1) is 0 Å². The number of unbranched alkanes of at least 4 members (excludes halogenated alkanes) is 1. The van der Waals surface area contributed by atoms with Crippen LogP contribution in [-0.4, -0.2) is 42.1 Å². The molecule has 7 heteroatoms. The SMILES string of the molecule is CC(C)(C)OC(=O)NCCCCC(NCOCc1ccccc1)C(=O)O. The van der Waals surface area contributed by atoms with Crippen molar-refractivity contribution in [1.82, 2.24) is 10.6 Å². The van der Waals surface area contributed by atoms with Crippen LogP contribution in [-0.2, 0) is 20.9 Å². The number of alkyl carbamates (subject to hydrolysis) is 1. The van der Waals surface area contributed by atoms with Crippen molar-refractivity contribution >= 4 is 12.1 Å². The largest absolute Gasteiger partial charge is 0.480 e. The first-order valence-electron chi connectivity index (χ1n) is 8.82. The summed E-state index contributed by atoms with van der Waals surface area (Å²) in [4.78, 5) is 22.8. The molecule has 3 N–H and O–H groups in total. The van der Waals surface area contributed by atoms with Crippen molar-refractivity contribution in [1.29, 1.82) is 0 Å². The van der Waals surface area contributed by atoms with Gasteiger partial charge in [-0.1, -0.05) is 30.3 Å². The Morgan fingerprint density at radius 3 is 2.46 bits per heavy atom. The minimum absolute atomic E-state index is 0.169. The van der Waals surface area contributed by atoms with E-state index < -0.39 is 23.7 Å². The highest BCUT2D eigenvalue weighted by molar-refractivity contribution is 5.73. The maximum atomic E-state index is 11.5. The summed E-state index contributed by atoms with van der Waals surface area (Å²) >= 11 is 0. The van der Waals surface area contributed by atoms with Crippen molar-refractivity contribution in [3.8, 4) is 0 Å². The van der Waals surface area contributed by atoms with Gasteiger partial charge in [0.2, 0.25) is 0 Å². The van der Waals surface area contributed by atoms with Crippen molar-refractivity contribution in [3.05, 3.63) is 35.9 Å². The average molecular weight is 366 g/mol. The lowest BCUT2D eigenvalue weighted by molar-refractivity contribution is -0.140. The maximum Gasteiger partial charge on any atom is 0.407 e. The molecule has 0 heterocycles. The van der Waals surface area contributed by atoms with Crippen molar-refractivity contribution in [3.63, 3.8) is 0 Å². The van der Waals surface area contributed by atoms with E-state index in [1.54, 1.807) is 20.8 Å². The lowest BCUT2D eigenvalue weighted by atomic mass is 10.1. The molecule has 0 spiro atoms. The molecule has 1 aromatic rings. The lowest BCUT2D eigenvalue weighted by Crippen LogP contribution is -2.38. The highest BCUT2D eigenvalue weighted by atomic mass is 16.6. The molecule has 0 aliphatic heterocycles. The number of hydrogen-bond donors (Lipinski definition) is 3. The first-order chi connectivity index (χ1) is 12.3. The van der Waals surface area contributed by atoms with Crippen LogP contribution < -0.4 is 10.6 Å². The van der Waals surface area contributed by atoms with Crippen LogP contribution in [0.4, 0.5) is 4.79 Å². The number of amides is 1. The fourth-order valence-electron chi connectivity index (χ4n) is 2.19. The summed E-state index contributed by atoms with van der Waals surface area (Å²) in [5.41, 5.74) is 0.511. The molecule has 0 saturated carbocycles. The number of hydrogen-bond acceptors (Lipinski definition) is 5. The van der Waals surface area contributed by atoms with Crippen LogP contribution in [0.2, 0.25) is 0 Å². The first kappa shape index (κ1) is 21.9. The third-order valence-electron chi connectivity index (χ3n) is 3.43. The normalized spacial score (nSPS) is 12.4.